The Morgan fingerprint density at radius 3 is 2.52 bits per heavy atom. The fourth-order valence-corrected chi connectivity index (χ4v) is 2.48. The molecule has 1 aromatic rings. The summed E-state index contributed by atoms with van der Waals surface area (Å²) < 4.78 is 5.40. The zero-order valence-corrected chi connectivity index (χ0v) is 14.1. The van der Waals surface area contributed by atoms with Crippen LogP contribution in [0.3, 0.4) is 0 Å². The normalized spacial score (nSPS) is 16.0. The van der Waals surface area contributed by atoms with Gasteiger partial charge in [-0.05, 0) is 39.3 Å². The van der Waals surface area contributed by atoms with Crippen LogP contribution in [0.1, 0.15) is 31.9 Å². The van der Waals surface area contributed by atoms with E-state index in [2.05, 4.69) is 15.0 Å². The van der Waals surface area contributed by atoms with Gasteiger partial charge in [0, 0.05) is 37.9 Å². The van der Waals surface area contributed by atoms with Crippen LogP contribution in [-0.2, 0) is 4.74 Å². The van der Waals surface area contributed by atoms with Gasteiger partial charge in [0.05, 0.1) is 6.21 Å². The highest BCUT2D eigenvalue weighted by atomic mass is 16.6. The third kappa shape index (κ3) is 4.58. The summed E-state index contributed by atoms with van der Waals surface area (Å²) in [6.07, 6.45) is 2.75. The number of aryl methyl sites for hydroxylation is 1. The molecule has 0 aromatic carbocycles. The summed E-state index contributed by atoms with van der Waals surface area (Å²) in [5.74, 6) is 0.893. The van der Waals surface area contributed by atoms with Gasteiger partial charge in [0.1, 0.15) is 11.4 Å². The van der Waals surface area contributed by atoms with E-state index in [0.717, 1.165) is 16.9 Å². The number of hydrogen-bond donors (Lipinski definition) is 1. The van der Waals surface area contributed by atoms with Crippen LogP contribution in [0.25, 0.3) is 0 Å². The standard InChI is InChI=1S/C16H24N4O3/c1-12-9-13(11-18-22)10-17-14(12)19-5-7-20(8-6-19)15(21)23-16(2,3)4/h9-11,22H,5-8H2,1-4H3/b18-11-. The number of nitrogens with zero attached hydrogens (tertiary/aromatic N) is 4. The molecular formula is C16H24N4O3. The first-order chi connectivity index (χ1) is 10.8. The van der Waals surface area contributed by atoms with Crippen LogP contribution in [0, 0.1) is 6.92 Å². The van der Waals surface area contributed by atoms with Gasteiger partial charge in [-0.25, -0.2) is 9.78 Å². The summed E-state index contributed by atoms with van der Waals surface area (Å²) in [6, 6.07) is 1.92. The first-order valence-electron chi connectivity index (χ1n) is 7.67. The Morgan fingerprint density at radius 1 is 1.35 bits per heavy atom. The molecule has 2 rings (SSSR count). The summed E-state index contributed by atoms with van der Waals surface area (Å²) >= 11 is 0. The Bertz CT molecular complexity index is 587. The van der Waals surface area contributed by atoms with Gasteiger partial charge < -0.3 is 19.7 Å². The summed E-state index contributed by atoms with van der Waals surface area (Å²) in [7, 11) is 0. The molecular weight excluding hydrogens is 296 g/mol. The predicted molar refractivity (Wildman–Crippen MR) is 88.4 cm³/mol. The number of anilines is 1. The molecule has 0 spiro atoms. The van der Waals surface area contributed by atoms with E-state index in [1.54, 1.807) is 11.1 Å². The third-order valence-electron chi connectivity index (χ3n) is 3.51. The van der Waals surface area contributed by atoms with Crippen LogP contribution in [0.4, 0.5) is 10.6 Å². The quantitative estimate of drug-likeness (QED) is 0.514. The molecule has 126 valence electrons. The summed E-state index contributed by atoms with van der Waals surface area (Å²) in [4.78, 5) is 20.4. The second kappa shape index (κ2) is 6.85. The lowest BCUT2D eigenvalue weighted by Crippen LogP contribution is -2.50. The van der Waals surface area contributed by atoms with E-state index in [0.29, 0.717) is 26.2 Å². The van der Waals surface area contributed by atoms with Crippen molar-refractivity contribution in [2.45, 2.75) is 33.3 Å². The van der Waals surface area contributed by atoms with E-state index in [1.165, 1.54) is 6.21 Å². The predicted octanol–water partition coefficient (Wildman–Crippen LogP) is 2.26. The van der Waals surface area contributed by atoms with Crippen LogP contribution in [-0.4, -0.2) is 59.2 Å². The molecule has 23 heavy (non-hydrogen) atoms. The van der Waals surface area contributed by atoms with Crippen molar-refractivity contribution in [3.8, 4) is 0 Å². The smallest absolute Gasteiger partial charge is 0.410 e. The SMILES string of the molecule is Cc1cc(/C=N\O)cnc1N1CCN(C(=O)OC(C)(C)C)CC1. The van der Waals surface area contributed by atoms with Crippen LogP contribution in [0.2, 0.25) is 0 Å². The number of amides is 1. The summed E-state index contributed by atoms with van der Waals surface area (Å²) in [5.41, 5.74) is 1.28. The molecule has 0 unspecified atom stereocenters. The van der Waals surface area contributed by atoms with Crippen LogP contribution >= 0.6 is 0 Å². The van der Waals surface area contributed by atoms with Crippen molar-refractivity contribution < 1.29 is 14.7 Å². The van der Waals surface area contributed by atoms with Gasteiger partial charge in [-0.1, -0.05) is 5.16 Å². The van der Waals surface area contributed by atoms with Crippen molar-refractivity contribution in [2.24, 2.45) is 5.16 Å². The van der Waals surface area contributed by atoms with E-state index >= 15 is 0 Å². The number of rotatable bonds is 2. The number of piperazine rings is 1. The lowest BCUT2D eigenvalue weighted by Gasteiger charge is -2.36. The zero-order valence-electron chi connectivity index (χ0n) is 14.1. The molecule has 0 atom stereocenters. The molecule has 0 saturated carbocycles. The molecule has 1 aromatic heterocycles. The van der Waals surface area contributed by atoms with Crippen molar-refractivity contribution in [2.75, 3.05) is 31.1 Å². The highest BCUT2D eigenvalue weighted by Crippen LogP contribution is 2.20. The van der Waals surface area contributed by atoms with E-state index in [1.807, 2.05) is 33.8 Å². The van der Waals surface area contributed by atoms with Crippen molar-refractivity contribution in [3.05, 3.63) is 23.4 Å². The van der Waals surface area contributed by atoms with Crippen molar-refractivity contribution in [3.63, 3.8) is 0 Å². The minimum absolute atomic E-state index is 0.267. The topological polar surface area (TPSA) is 78.3 Å². The number of carbonyl (C=O) groups is 1. The second-order valence-corrected chi connectivity index (χ2v) is 6.61. The van der Waals surface area contributed by atoms with Gasteiger partial charge in [0.25, 0.3) is 0 Å². The Labute approximate surface area is 136 Å². The monoisotopic (exact) mass is 320 g/mol. The molecule has 1 N–H and O–H groups in total. The molecule has 7 nitrogen and oxygen atoms in total. The Kier molecular flexibility index (Phi) is 5.08. The summed E-state index contributed by atoms with van der Waals surface area (Å²) in [5, 5.41) is 11.6. The molecule has 1 saturated heterocycles. The van der Waals surface area contributed by atoms with Crippen LogP contribution in [0.15, 0.2) is 17.4 Å². The first kappa shape index (κ1) is 17.1. The van der Waals surface area contributed by atoms with Gasteiger partial charge in [-0.15, -0.1) is 0 Å². The van der Waals surface area contributed by atoms with Gasteiger partial charge in [-0.2, -0.15) is 0 Å². The van der Waals surface area contributed by atoms with Gasteiger partial charge in [0.2, 0.25) is 0 Å². The Morgan fingerprint density at radius 2 is 2.00 bits per heavy atom. The number of ether oxygens (including phenoxy) is 1. The largest absolute Gasteiger partial charge is 0.444 e. The first-order valence-corrected chi connectivity index (χ1v) is 7.67. The Balaban J connectivity index is 1.98. The molecule has 2 heterocycles. The number of hydrogen-bond acceptors (Lipinski definition) is 6. The maximum absolute atomic E-state index is 12.1. The zero-order chi connectivity index (χ0) is 17.0. The Hall–Kier alpha value is -2.31. The van der Waals surface area contributed by atoms with Gasteiger partial charge >= 0.3 is 6.09 Å². The fraction of sp³-hybridized carbons (Fsp3) is 0.562. The van der Waals surface area contributed by atoms with Crippen molar-refractivity contribution >= 4 is 18.1 Å². The lowest BCUT2D eigenvalue weighted by molar-refractivity contribution is 0.0240. The van der Waals surface area contributed by atoms with Crippen LogP contribution < -0.4 is 4.90 Å². The van der Waals surface area contributed by atoms with E-state index < -0.39 is 5.60 Å². The van der Waals surface area contributed by atoms with E-state index in [-0.39, 0.29) is 6.09 Å². The molecule has 7 heteroatoms. The van der Waals surface area contributed by atoms with Crippen molar-refractivity contribution in [1.29, 1.82) is 0 Å². The highest BCUT2D eigenvalue weighted by Gasteiger charge is 2.26. The highest BCUT2D eigenvalue weighted by molar-refractivity contribution is 5.79. The maximum atomic E-state index is 12.1. The summed E-state index contributed by atoms with van der Waals surface area (Å²) in [6.45, 7) is 10.2. The second-order valence-electron chi connectivity index (χ2n) is 6.61. The van der Waals surface area contributed by atoms with Crippen molar-refractivity contribution in [1.82, 2.24) is 9.88 Å². The molecule has 1 aliphatic rings. The molecule has 1 amide bonds. The van der Waals surface area contributed by atoms with E-state index in [9.17, 15) is 4.79 Å². The molecule has 0 aliphatic carbocycles. The number of oxime groups is 1. The minimum Gasteiger partial charge on any atom is -0.444 e. The number of carbonyl (C=O) groups excluding carboxylic acids is 1. The number of pyridine rings is 1. The van der Waals surface area contributed by atoms with Gasteiger partial charge in [-0.3, -0.25) is 0 Å². The van der Waals surface area contributed by atoms with E-state index in [4.69, 9.17) is 9.94 Å². The third-order valence-corrected chi connectivity index (χ3v) is 3.51. The van der Waals surface area contributed by atoms with Crippen LogP contribution in [0.5, 0.6) is 0 Å². The average molecular weight is 320 g/mol. The van der Waals surface area contributed by atoms with Gasteiger partial charge in [0.15, 0.2) is 0 Å². The minimum atomic E-state index is -0.476. The molecule has 1 aliphatic heterocycles. The number of aromatic nitrogens is 1. The fourth-order valence-electron chi connectivity index (χ4n) is 2.48. The maximum Gasteiger partial charge on any atom is 0.410 e. The molecule has 1 fully saturated rings. The lowest BCUT2D eigenvalue weighted by atomic mass is 10.2. The average Bonchev–Trinajstić information content (AvgIpc) is 2.46. The molecule has 0 radical (unpaired) electrons. The molecule has 0 bridgehead atoms.